The molecule has 0 spiro atoms. The second-order valence-corrected chi connectivity index (χ2v) is 4.25. The van der Waals surface area contributed by atoms with Crippen LogP contribution in [0.15, 0.2) is 0 Å². The van der Waals surface area contributed by atoms with E-state index < -0.39 is 38.5 Å². The van der Waals surface area contributed by atoms with E-state index >= 15 is 0 Å². The number of ketones is 1. The third-order valence-corrected chi connectivity index (χ3v) is 2.28. The molecule has 0 bridgehead atoms. The molecule has 0 heterocycles. The van der Waals surface area contributed by atoms with Crippen LogP contribution in [0.4, 0.5) is 0 Å². The van der Waals surface area contributed by atoms with Crippen molar-refractivity contribution >= 4 is 13.6 Å². The first-order valence-electron chi connectivity index (χ1n) is 4.42. The molecule has 0 aliphatic heterocycles. The van der Waals surface area contributed by atoms with E-state index in [0.29, 0.717) is 0 Å². The summed E-state index contributed by atoms with van der Waals surface area (Å²) in [5, 5.41) is 27.4. The average Bonchev–Trinajstić information content (AvgIpc) is 2.21. The molecule has 2 unspecified atom stereocenters. The minimum atomic E-state index is -5.30. The Morgan fingerprint density at radius 1 is 1.38 bits per heavy atom. The van der Waals surface area contributed by atoms with Gasteiger partial charge in [-0.25, -0.2) is 0 Å². The van der Waals surface area contributed by atoms with Crippen molar-refractivity contribution in [3.05, 3.63) is 0 Å². The minimum absolute atomic E-state index is 0.0912. The zero-order valence-corrected chi connectivity index (χ0v) is 9.37. The summed E-state index contributed by atoms with van der Waals surface area (Å²) >= 11 is 0. The van der Waals surface area contributed by atoms with Gasteiger partial charge in [0.05, 0.1) is 13.9 Å². The van der Waals surface area contributed by atoms with Crippen LogP contribution in [-0.2, 0) is 13.9 Å². The summed E-state index contributed by atoms with van der Waals surface area (Å²) in [6.07, 6.45) is -4.99. The number of carbonyl (C=O) groups excluding carboxylic acids is 1. The molecular formula is C7H13O8P-2. The zero-order chi connectivity index (χ0) is 12.9. The smallest absolute Gasteiger partial charge is 0.189 e. The molecule has 0 saturated heterocycles. The average molecular weight is 256 g/mol. The summed E-state index contributed by atoms with van der Waals surface area (Å²) in [5.74, 6) is -1.20. The Kier molecular flexibility index (Phi) is 6.27. The second-order valence-electron chi connectivity index (χ2n) is 3.10. The molecule has 8 nitrogen and oxygen atoms in total. The summed E-state index contributed by atoms with van der Waals surface area (Å²) in [6.45, 7) is 0.337. The molecule has 0 aromatic rings. The van der Waals surface area contributed by atoms with Crippen LogP contribution in [-0.4, -0.2) is 46.0 Å². The van der Waals surface area contributed by atoms with E-state index in [1.807, 2.05) is 0 Å². The van der Waals surface area contributed by atoms with Crippen molar-refractivity contribution in [1.82, 2.24) is 0 Å². The number of aliphatic hydroxyl groups is 3. The van der Waals surface area contributed by atoms with Gasteiger partial charge in [0.1, 0.15) is 18.8 Å². The van der Waals surface area contributed by atoms with Crippen LogP contribution >= 0.6 is 7.82 Å². The van der Waals surface area contributed by atoms with Crippen LogP contribution in [0.5, 0.6) is 0 Å². The Morgan fingerprint density at radius 2 is 1.88 bits per heavy atom. The van der Waals surface area contributed by atoms with Gasteiger partial charge >= 0.3 is 0 Å². The normalized spacial score (nSPS) is 17.9. The van der Waals surface area contributed by atoms with Gasteiger partial charge in [-0.3, -0.25) is 4.79 Å². The molecule has 0 aromatic heterocycles. The highest BCUT2D eigenvalue weighted by Gasteiger charge is 2.29. The van der Waals surface area contributed by atoms with E-state index in [2.05, 4.69) is 4.52 Å². The van der Waals surface area contributed by atoms with E-state index in [1.54, 1.807) is 0 Å². The summed E-state index contributed by atoms with van der Waals surface area (Å²) < 4.78 is 13.6. The van der Waals surface area contributed by atoms with E-state index in [9.17, 15) is 24.3 Å². The van der Waals surface area contributed by atoms with Crippen molar-refractivity contribution in [2.75, 3.05) is 6.61 Å². The lowest BCUT2D eigenvalue weighted by Gasteiger charge is -2.29. The van der Waals surface area contributed by atoms with E-state index in [0.717, 1.165) is 0 Å². The molecule has 0 aliphatic carbocycles. The van der Waals surface area contributed by atoms with E-state index in [-0.39, 0.29) is 6.42 Å². The van der Waals surface area contributed by atoms with Crippen molar-refractivity contribution in [2.24, 2.45) is 0 Å². The Bertz CT molecular complexity index is 274. The van der Waals surface area contributed by atoms with Gasteiger partial charge in [0.2, 0.25) is 0 Å². The Labute approximate surface area is 91.7 Å². The summed E-state index contributed by atoms with van der Waals surface area (Å²) in [6, 6.07) is 0. The monoisotopic (exact) mass is 256 g/mol. The fourth-order valence-electron chi connectivity index (χ4n) is 0.870. The molecule has 0 saturated carbocycles. The number of carbonyl (C=O) groups is 1. The lowest BCUT2D eigenvalue weighted by Crippen LogP contribution is -2.43. The highest BCUT2D eigenvalue weighted by Crippen LogP contribution is 2.24. The summed E-state index contributed by atoms with van der Waals surface area (Å²) in [5.41, 5.74) is 0. The van der Waals surface area contributed by atoms with Gasteiger partial charge in [-0.05, 0) is 6.42 Å². The lowest BCUT2D eigenvalue weighted by atomic mass is 10.0. The van der Waals surface area contributed by atoms with Gasteiger partial charge in [0.15, 0.2) is 5.78 Å². The van der Waals surface area contributed by atoms with Gasteiger partial charge in [-0.2, -0.15) is 0 Å². The Balaban J connectivity index is 4.23. The predicted octanol–water partition coefficient (Wildman–Crippen LogP) is -3.11. The van der Waals surface area contributed by atoms with E-state index in [1.165, 1.54) is 6.92 Å². The molecular weight excluding hydrogens is 243 g/mol. The number of phosphoric acid groups is 1. The van der Waals surface area contributed by atoms with Crippen molar-refractivity contribution < 1.29 is 39.0 Å². The highest BCUT2D eigenvalue weighted by atomic mass is 31.2. The summed E-state index contributed by atoms with van der Waals surface area (Å²) in [7, 11) is -5.30. The first-order valence-corrected chi connectivity index (χ1v) is 5.88. The maximum Gasteiger partial charge on any atom is 0.189 e. The Hall–Kier alpha value is -0.340. The molecule has 3 atom stereocenters. The first kappa shape index (κ1) is 15.7. The fourth-order valence-corrected chi connectivity index (χ4v) is 1.16. The van der Waals surface area contributed by atoms with Crippen LogP contribution in [0.25, 0.3) is 0 Å². The van der Waals surface area contributed by atoms with Crippen molar-refractivity contribution in [3.63, 3.8) is 0 Å². The Morgan fingerprint density at radius 3 is 2.25 bits per heavy atom. The van der Waals surface area contributed by atoms with Gasteiger partial charge in [0, 0.05) is 0 Å². The molecule has 0 rings (SSSR count). The molecule has 0 amide bonds. The number of aliphatic hydroxyl groups excluding tert-OH is 3. The lowest BCUT2D eigenvalue weighted by molar-refractivity contribution is -0.341. The van der Waals surface area contributed by atoms with Crippen LogP contribution in [0.3, 0.4) is 0 Å². The van der Waals surface area contributed by atoms with Crippen molar-refractivity contribution in [3.8, 4) is 0 Å². The quantitative estimate of drug-likeness (QED) is 0.405. The number of Topliss-reactive ketones (excluding diaryl/α,β-unsaturated/α-hetero) is 1. The van der Waals surface area contributed by atoms with Crippen molar-refractivity contribution in [1.29, 1.82) is 0 Å². The molecule has 0 aliphatic rings. The molecule has 96 valence electrons. The topological polar surface area (TPSA) is 150 Å². The first-order chi connectivity index (χ1) is 7.19. The van der Waals surface area contributed by atoms with Crippen molar-refractivity contribution in [2.45, 2.75) is 31.7 Å². The third kappa shape index (κ3) is 5.66. The number of rotatable bonds is 7. The highest BCUT2D eigenvalue weighted by molar-refractivity contribution is 7.43. The number of hydrogen-bond donors (Lipinski definition) is 3. The number of phosphoric ester groups is 1. The molecule has 0 fully saturated rings. The molecule has 0 radical (unpaired) electrons. The SMILES string of the molecule is CC[C@H](O)C(O)C(O)C(=O)COP(=O)([O-])[O-]. The van der Waals surface area contributed by atoms with Gasteiger partial charge < -0.3 is 34.2 Å². The third-order valence-electron chi connectivity index (χ3n) is 1.83. The van der Waals surface area contributed by atoms with Crippen LogP contribution in [0.2, 0.25) is 0 Å². The van der Waals surface area contributed by atoms with Crippen LogP contribution in [0, 0.1) is 0 Å². The maximum absolute atomic E-state index is 11.0. The standard InChI is InChI=1S/C7H15O8P/c1-2-4(8)6(10)7(11)5(9)3-15-16(12,13)14/h4,6-8,10-11H,2-3H2,1H3,(H2,12,13,14)/p-2/t4-,6?,7?/m0/s1. The zero-order valence-electron chi connectivity index (χ0n) is 8.48. The summed E-state index contributed by atoms with van der Waals surface area (Å²) in [4.78, 5) is 31.1. The molecule has 3 N–H and O–H groups in total. The van der Waals surface area contributed by atoms with Crippen LogP contribution in [0.1, 0.15) is 13.3 Å². The fraction of sp³-hybridized carbons (Fsp3) is 0.857. The van der Waals surface area contributed by atoms with E-state index in [4.69, 9.17) is 10.2 Å². The van der Waals surface area contributed by atoms with Gasteiger partial charge in [-0.1, -0.05) is 6.92 Å². The van der Waals surface area contributed by atoms with Crippen LogP contribution < -0.4 is 9.79 Å². The van der Waals surface area contributed by atoms with Gasteiger partial charge in [-0.15, -0.1) is 0 Å². The maximum atomic E-state index is 11.0. The molecule has 0 aromatic carbocycles. The molecule has 16 heavy (non-hydrogen) atoms. The number of hydrogen-bond acceptors (Lipinski definition) is 8. The molecule has 9 heteroatoms. The van der Waals surface area contributed by atoms with Gasteiger partial charge in [0.25, 0.3) is 0 Å². The second kappa shape index (κ2) is 6.41. The minimum Gasteiger partial charge on any atom is -0.790 e. The largest absolute Gasteiger partial charge is 0.790 e. The predicted molar refractivity (Wildman–Crippen MR) is 46.9 cm³/mol.